The van der Waals surface area contributed by atoms with Crippen LogP contribution in [-0.2, 0) is 0 Å². The highest BCUT2D eigenvalue weighted by molar-refractivity contribution is 6.10. The summed E-state index contributed by atoms with van der Waals surface area (Å²) in [6.45, 7) is 0. The van der Waals surface area contributed by atoms with Crippen molar-refractivity contribution in [1.29, 1.82) is 0 Å². The summed E-state index contributed by atoms with van der Waals surface area (Å²) in [5.41, 5.74) is 20.9. The predicted molar refractivity (Wildman–Crippen MR) is 306 cm³/mol. The van der Waals surface area contributed by atoms with Crippen molar-refractivity contribution in [3.8, 4) is 72.4 Å². The molecule has 0 aliphatic carbocycles. The molecule has 72 heavy (non-hydrogen) atoms. The fraction of sp³-hybridized carbons (Fsp3) is 0. The van der Waals surface area contributed by atoms with Crippen LogP contribution in [0.4, 0.5) is 17.1 Å². The largest absolute Gasteiger partial charge is 0.310 e. The quantitative estimate of drug-likeness (QED) is 0.133. The first-order chi connectivity index (χ1) is 35.7. The minimum Gasteiger partial charge on any atom is -0.310 e. The number of hydrogen-bond donors (Lipinski definition) is 0. The third kappa shape index (κ3) is 7.82. The van der Waals surface area contributed by atoms with Gasteiger partial charge in [0.05, 0.1) is 16.7 Å². The highest BCUT2D eigenvalue weighted by atomic mass is 15.1. The minimum atomic E-state index is 1.06. The van der Waals surface area contributed by atoms with Gasteiger partial charge in [-0.1, -0.05) is 231 Å². The molecule has 0 fully saturated rings. The van der Waals surface area contributed by atoms with Crippen molar-refractivity contribution in [3.05, 3.63) is 291 Å². The molecule has 2 heteroatoms. The third-order valence-electron chi connectivity index (χ3n) is 14.2. The lowest BCUT2D eigenvalue weighted by atomic mass is 9.87. The van der Waals surface area contributed by atoms with E-state index in [0.717, 1.165) is 33.9 Å². The van der Waals surface area contributed by atoms with Gasteiger partial charge in [0.15, 0.2) is 0 Å². The number of nitrogens with zero attached hydrogens (tertiary/aromatic N) is 2. The van der Waals surface area contributed by atoms with E-state index < -0.39 is 0 Å². The van der Waals surface area contributed by atoms with Crippen molar-refractivity contribution in [3.63, 3.8) is 0 Å². The average molecular weight is 917 g/mol. The summed E-state index contributed by atoms with van der Waals surface area (Å²) < 4.78 is 2.39. The lowest BCUT2D eigenvalue weighted by Gasteiger charge is -2.30. The molecule has 13 rings (SSSR count). The van der Waals surface area contributed by atoms with Crippen LogP contribution in [0.5, 0.6) is 0 Å². The van der Waals surface area contributed by atoms with Gasteiger partial charge in [0, 0.05) is 33.4 Å². The zero-order chi connectivity index (χ0) is 47.8. The van der Waals surface area contributed by atoms with E-state index in [1.54, 1.807) is 0 Å². The van der Waals surface area contributed by atoms with Gasteiger partial charge in [-0.25, -0.2) is 0 Å². The van der Waals surface area contributed by atoms with Crippen LogP contribution in [0.25, 0.3) is 105 Å². The van der Waals surface area contributed by atoms with E-state index in [1.807, 2.05) is 0 Å². The molecule has 12 aromatic carbocycles. The van der Waals surface area contributed by atoms with Gasteiger partial charge in [0.1, 0.15) is 0 Å². The van der Waals surface area contributed by atoms with Crippen LogP contribution in [0.3, 0.4) is 0 Å². The molecular weight excluding hydrogens is 869 g/mol. The van der Waals surface area contributed by atoms with E-state index in [-0.39, 0.29) is 0 Å². The molecule has 0 atom stereocenters. The Morgan fingerprint density at radius 1 is 0.250 bits per heavy atom. The summed E-state index contributed by atoms with van der Waals surface area (Å²) >= 11 is 0. The van der Waals surface area contributed by atoms with Gasteiger partial charge in [-0.15, -0.1) is 0 Å². The molecule has 0 radical (unpaired) electrons. The van der Waals surface area contributed by atoms with Gasteiger partial charge in [0.2, 0.25) is 0 Å². The van der Waals surface area contributed by atoms with Crippen molar-refractivity contribution < 1.29 is 0 Å². The number of fused-ring (bicyclic) bond motifs is 4. The number of para-hydroxylation sites is 2. The molecule has 0 spiro atoms. The van der Waals surface area contributed by atoms with Crippen molar-refractivity contribution in [2.24, 2.45) is 0 Å². The molecule has 0 N–H and O–H groups in total. The maximum Gasteiger partial charge on any atom is 0.0547 e. The second kappa shape index (κ2) is 18.4. The molecule has 1 aromatic heterocycles. The summed E-state index contributed by atoms with van der Waals surface area (Å²) in [5.74, 6) is 0. The van der Waals surface area contributed by atoms with Gasteiger partial charge in [-0.3, -0.25) is 0 Å². The Hall–Kier alpha value is -9.50. The number of rotatable bonds is 10. The molecule has 0 saturated carbocycles. The number of hydrogen-bond acceptors (Lipinski definition) is 1. The van der Waals surface area contributed by atoms with Crippen LogP contribution in [0, 0.1) is 0 Å². The van der Waals surface area contributed by atoms with Crippen LogP contribution in [0.15, 0.2) is 291 Å². The zero-order valence-corrected chi connectivity index (χ0v) is 39.6. The Balaban J connectivity index is 0.948. The summed E-state index contributed by atoms with van der Waals surface area (Å²) in [5, 5.41) is 5.00. The molecule has 0 aliphatic heterocycles. The summed E-state index contributed by atoms with van der Waals surface area (Å²) in [6.07, 6.45) is 0. The number of benzene rings is 12. The van der Waals surface area contributed by atoms with Gasteiger partial charge in [0.25, 0.3) is 0 Å². The second-order valence-corrected chi connectivity index (χ2v) is 18.5. The number of anilines is 3. The molecule has 338 valence electrons. The van der Waals surface area contributed by atoms with Crippen molar-refractivity contribution in [1.82, 2.24) is 4.57 Å². The maximum absolute atomic E-state index is 2.44. The maximum atomic E-state index is 2.44. The minimum absolute atomic E-state index is 1.06. The normalized spacial score (nSPS) is 11.3. The predicted octanol–water partition coefficient (Wildman–Crippen LogP) is 19.4. The van der Waals surface area contributed by atoms with E-state index in [0.29, 0.717) is 0 Å². The summed E-state index contributed by atoms with van der Waals surface area (Å²) in [7, 11) is 0. The van der Waals surface area contributed by atoms with Crippen molar-refractivity contribution >= 4 is 49.6 Å². The van der Waals surface area contributed by atoms with Crippen molar-refractivity contribution in [2.75, 3.05) is 4.90 Å². The van der Waals surface area contributed by atoms with E-state index >= 15 is 0 Å². The smallest absolute Gasteiger partial charge is 0.0547 e. The first-order valence-electron chi connectivity index (χ1n) is 24.7. The third-order valence-corrected chi connectivity index (χ3v) is 14.2. The van der Waals surface area contributed by atoms with Crippen LogP contribution in [0.1, 0.15) is 0 Å². The van der Waals surface area contributed by atoms with Crippen molar-refractivity contribution in [2.45, 2.75) is 0 Å². The zero-order valence-electron chi connectivity index (χ0n) is 39.6. The lowest BCUT2D eigenvalue weighted by Crippen LogP contribution is -2.12. The molecule has 13 aromatic rings. The highest BCUT2D eigenvalue weighted by Crippen LogP contribution is 2.48. The Kier molecular flexibility index (Phi) is 10.9. The van der Waals surface area contributed by atoms with Gasteiger partial charge >= 0.3 is 0 Å². The summed E-state index contributed by atoms with van der Waals surface area (Å²) in [4.78, 5) is 2.44. The van der Waals surface area contributed by atoms with Gasteiger partial charge < -0.3 is 9.47 Å². The first-order valence-corrected chi connectivity index (χ1v) is 24.7. The van der Waals surface area contributed by atoms with E-state index in [1.165, 1.54) is 88.2 Å². The molecule has 1 heterocycles. The molecular formula is C70H48N2. The van der Waals surface area contributed by atoms with Crippen LogP contribution < -0.4 is 4.90 Å². The average Bonchev–Trinajstić information content (AvgIpc) is 3.80. The Bertz CT molecular complexity index is 4040. The molecule has 0 bridgehead atoms. The SMILES string of the molecule is c1ccc(-c2ccccc2-c2c(-c3ccccc3)cccc2N(c2ccc(-c3ccc(-c4ccc5ccccc5c4)cc3)cc2)c2ccc(-c3ccc4c5ccccc5n(-c5ccccc5)c4c3)cc2)cc1. The first kappa shape index (κ1) is 42.6. The Labute approximate surface area is 420 Å². The second-order valence-electron chi connectivity index (χ2n) is 18.5. The van der Waals surface area contributed by atoms with Gasteiger partial charge in [-0.2, -0.15) is 0 Å². The Morgan fingerprint density at radius 3 is 1.38 bits per heavy atom. The summed E-state index contributed by atoms with van der Waals surface area (Å²) in [6, 6.07) is 106. The highest BCUT2D eigenvalue weighted by Gasteiger charge is 2.23. The van der Waals surface area contributed by atoms with E-state index in [2.05, 4.69) is 301 Å². The standard InChI is InChI=1S/C70H48N2/c1-4-18-54(19-5-1)62-25-12-13-27-66(62)70-63(55-20-6-2-7-21-55)28-16-30-68(70)71(60-42-37-51(38-43-60)50-31-33-52(34-32-50)57-36-35-49-17-10-11-22-56(49)47-57)61-44-39-53(40-45-61)58-41-46-65-64-26-14-15-29-67(64)72(69(65)48-58)59-23-8-3-9-24-59/h1-48H. The fourth-order valence-electron chi connectivity index (χ4n) is 10.7. The topological polar surface area (TPSA) is 8.17 Å². The molecule has 0 aliphatic rings. The monoisotopic (exact) mass is 916 g/mol. The van der Waals surface area contributed by atoms with Crippen LogP contribution in [0.2, 0.25) is 0 Å². The van der Waals surface area contributed by atoms with Gasteiger partial charge in [-0.05, 0) is 133 Å². The number of aromatic nitrogens is 1. The molecule has 0 amide bonds. The Morgan fingerprint density at radius 2 is 0.708 bits per heavy atom. The molecule has 0 unspecified atom stereocenters. The molecule has 2 nitrogen and oxygen atoms in total. The van der Waals surface area contributed by atoms with E-state index in [4.69, 9.17) is 0 Å². The molecule has 0 saturated heterocycles. The van der Waals surface area contributed by atoms with Crippen LogP contribution >= 0.6 is 0 Å². The lowest BCUT2D eigenvalue weighted by molar-refractivity contribution is 1.18. The fourth-order valence-corrected chi connectivity index (χ4v) is 10.7. The van der Waals surface area contributed by atoms with Crippen LogP contribution in [-0.4, -0.2) is 4.57 Å². The van der Waals surface area contributed by atoms with E-state index in [9.17, 15) is 0 Å².